The maximum atomic E-state index is 13.3. The van der Waals surface area contributed by atoms with Crippen molar-refractivity contribution in [2.45, 2.75) is 434 Å². The van der Waals surface area contributed by atoms with E-state index in [1.165, 1.54) is 283 Å². The van der Waals surface area contributed by atoms with E-state index in [2.05, 4.69) is 43.5 Å². The number of carbonyl (C=O) groups excluding carboxylic acids is 1. The number of aliphatic hydroxyl groups excluding tert-OH is 8. The number of hydrogen-bond acceptors (Lipinski definition) is 13. The lowest BCUT2D eigenvalue weighted by molar-refractivity contribution is -0.359. The zero-order chi connectivity index (χ0) is 66.6. The van der Waals surface area contributed by atoms with Crippen molar-refractivity contribution in [1.82, 2.24) is 5.32 Å². The molecule has 0 saturated carbocycles. The smallest absolute Gasteiger partial charge is 0.220 e. The summed E-state index contributed by atoms with van der Waals surface area (Å²) >= 11 is 0. The highest BCUT2D eigenvalue weighted by Gasteiger charge is 2.51. The second kappa shape index (κ2) is 62.7. The van der Waals surface area contributed by atoms with Gasteiger partial charge in [-0.1, -0.05) is 346 Å². The van der Waals surface area contributed by atoms with E-state index in [1.54, 1.807) is 6.08 Å². The van der Waals surface area contributed by atoms with Crippen LogP contribution in [0.15, 0.2) is 36.5 Å². The van der Waals surface area contributed by atoms with E-state index in [0.29, 0.717) is 12.8 Å². The molecular formula is C78H147NO13. The maximum Gasteiger partial charge on any atom is 0.220 e. The van der Waals surface area contributed by atoms with Crippen molar-refractivity contribution < 1.29 is 64.6 Å². The van der Waals surface area contributed by atoms with Crippen LogP contribution in [0.4, 0.5) is 0 Å². The van der Waals surface area contributed by atoms with Gasteiger partial charge >= 0.3 is 0 Å². The van der Waals surface area contributed by atoms with Gasteiger partial charge in [0.15, 0.2) is 12.6 Å². The van der Waals surface area contributed by atoms with Gasteiger partial charge in [-0.15, -0.1) is 0 Å². The van der Waals surface area contributed by atoms with Gasteiger partial charge in [0.25, 0.3) is 0 Å². The number of amides is 1. The summed E-state index contributed by atoms with van der Waals surface area (Å²) in [5, 5.41) is 87.4. The van der Waals surface area contributed by atoms with Crippen LogP contribution in [0, 0.1) is 0 Å². The maximum absolute atomic E-state index is 13.3. The van der Waals surface area contributed by atoms with Gasteiger partial charge in [-0.05, 0) is 44.9 Å². The highest BCUT2D eigenvalue weighted by Crippen LogP contribution is 2.30. The van der Waals surface area contributed by atoms with Crippen LogP contribution in [-0.2, 0) is 23.7 Å². The first-order chi connectivity index (χ1) is 45.1. The second-order valence-electron chi connectivity index (χ2n) is 27.8. The van der Waals surface area contributed by atoms with Gasteiger partial charge in [0.05, 0.1) is 32.0 Å². The lowest BCUT2D eigenvalue weighted by Crippen LogP contribution is -2.65. The summed E-state index contributed by atoms with van der Waals surface area (Å²) in [6.07, 6.45) is 65.4. The fourth-order valence-corrected chi connectivity index (χ4v) is 13.1. The van der Waals surface area contributed by atoms with E-state index in [-0.39, 0.29) is 18.9 Å². The molecule has 0 bridgehead atoms. The Morgan fingerprint density at radius 1 is 0.380 bits per heavy atom. The Bertz CT molecular complexity index is 1680. The zero-order valence-corrected chi connectivity index (χ0v) is 59.3. The van der Waals surface area contributed by atoms with Crippen molar-refractivity contribution in [1.29, 1.82) is 0 Å². The van der Waals surface area contributed by atoms with E-state index in [4.69, 9.17) is 18.9 Å². The molecule has 542 valence electrons. The number of hydrogen-bond donors (Lipinski definition) is 9. The van der Waals surface area contributed by atoms with E-state index >= 15 is 0 Å². The first kappa shape index (κ1) is 86.3. The number of rotatable bonds is 66. The number of ether oxygens (including phenoxy) is 4. The molecule has 14 heteroatoms. The molecule has 0 aromatic carbocycles. The van der Waals surface area contributed by atoms with Crippen LogP contribution < -0.4 is 5.32 Å². The molecular weight excluding hydrogens is 1160 g/mol. The van der Waals surface area contributed by atoms with Gasteiger partial charge < -0.3 is 65.1 Å². The molecule has 2 saturated heterocycles. The number of carbonyl (C=O) groups is 1. The fourth-order valence-electron chi connectivity index (χ4n) is 13.1. The van der Waals surface area contributed by atoms with E-state index in [1.807, 2.05) is 6.08 Å². The van der Waals surface area contributed by atoms with Gasteiger partial charge in [-0.25, -0.2) is 0 Å². The molecule has 2 aliphatic heterocycles. The van der Waals surface area contributed by atoms with Crippen molar-refractivity contribution in [3.63, 3.8) is 0 Å². The Hall–Kier alpha value is -1.79. The molecule has 2 heterocycles. The Kier molecular flexibility index (Phi) is 58.8. The number of allylic oxidation sites excluding steroid dienone is 5. The summed E-state index contributed by atoms with van der Waals surface area (Å²) < 4.78 is 22.8. The Morgan fingerprint density at radius 3 is 1.07 bits per heavy atom. The van der Waals surface area contributed by atoms with Gasteiger partial charge in [0.2, 0.25) is 5.91 Å². The number of unbranched alkanes of at least 4 members (excludes halogenated alkanes) is 49. The Labute approximate surface area is 563 Å². The Morgan fingerprint density at radius 2 is 0.696 bits per heavy atom. The van der Waals surface area contributed by atoms with Crippen molar-refractivity contribution in [2.24, 2.45) is 0 Å². The molecule has 0 aliphatic carbocycles. The number of aliphatic hydroxyl groups is 8. The summed E-state index contributed by atoms with van der Waals surface area (Å²) in [6.45, 7) is 2.82. The molecule has 0 aromatic rings. The standard InChI is InChI=1S/C78H147NO13/c1-3-5-7-9-11-13-15-17-19-21-23-24-25-26-27-28-29-30-31-32-33-34-35-36-37-38-39-40-41-42-43-44-46-48-50-52-54-56-58-60-62-70(83)79-66(67(82)61-59-57-55-53-51-49-47-45-22-20-18-16-14-12-10-8-6-4-2)65-89-77-75(88)73(86)76(69(64-81)91-77)92-78-74(87)72(85)71(84)68(63-80)90-78/h22,45,51,53,59,61,66-69,71-78,80-82,84-88H,3-21,23-44,46-50,52,54-58,60,62-65H2,1-2H3,(H,79,83)/b45-22+,53-51+,61-59+. The largest absolute Gasteiger partial charge is 0.394 e. The van der Waals surface area contributed by atoms with Gasteiger partial charge in [-0.3, -0.25) is 4.79 Å². The fraction of sp³-hybridized carbons (Fsp3) is 0.910. The third kappa shape index (κ3) is 45.7. The lowest BCUT2D eigenvalue weighted by Gasteiger charge is -2.46. The van der Waals surface area contributed by atoms with Crippen molar-refractivity contribution in [2.75, 3.05) is 19.8 Å². The molecule has 2 rings (SSSR count). The van der Waals surface area contributed by atoms with Crippen molar-refractivity contribution >= 4 is 5.91 Å². The van der Waals surface area contributed by atoms with E-state index in [9.17, 15) is 45.6 Å². The van der Waals surface area contributed by atoms with Crippen LogP contribution >= 0.6 is 0 Å². The lowest BCUT2D eigenvalue weighted by atomic mass is 9.97. The van der Waals surface area contributed by atoms with Gasteiger partial charge in [0, 0.05) is 6.42 Å². The quantitative estimate of drug-likeness (QED) is 0.0204. The van der Waals surface area contributed by atoms with Crippen LogP contribution in [0.1, 0.15) is 361 Å². The van der Waals surface area contributed by atoms with Crippen molar-refractivity contribution in [3.8, 4) is 0 Å². The molecule has 12 unspecified atom stereocenters. The molecule has 92 heavy (non-hydrogen) atoms. The van der Waals surface area contributed by atoms with E-state index < -0.39 is 86.8 Å². The normalized spacial score (nSPS) is 22.8. The summed E-state index contributed by atoms with van der Waals surface area (Å²) in [7, 11) is 0. The third-order valence-electron chi connectivity index (χ3n) is 19.3. The second-order valence-corrected chi connectivity index (χ2v) is 27.8. The zero-order valence-electron chi connectivity index (χ0n) is 59.3. The molecule has 0 radical (unpaired) electrons. The van der Waals surface area contributed by atoms with Crippen LogP contribution in [0.25, 0.3) is 0 Å². The highest BCUT2D eigenvalue weighted by atomic mass is 16.7. The average Bonchev–Trinajstić information content (AvgIpc) is 0.850. The van der Waals surface area contributed by atoms with Gasteiger partial charge in [-0.2, -0.15) is 0 Å². The first-order valence-corrected chi connectivity index (χ1v) is 39.2. The molecule has 2 fully saturated rings. The Balaban J connectivity index is 1.56. The predicted molar refractivity (Wildman–Crippen MR) is 378 cm³/mol. The van der Waals surface area contributed by atoms with E-state index in [0.717, 1.165) is 44.9 Å². The molecule has 12 atom stereocenters. The summed E-state index contributed by atoms with van der Waals surface area (Å²) in [5.41, 5.74) is 0. The minimum Gasteiger partial charge on any atom is -0.394 e. The summed E-state index contributed by atoms with van der Waals surface area (Å²) in [4.78, 5) is 13.3. The SMILES string of the molecule is CCCCCCCCCC/C=C/CC/C=C/CC/C=C/C(O)C(COC1OC(CO)C(OC2OC(CO)C(O)C(O)C2O)C(O)C1O)NC(=O)CCCCCCCCCCCCCCCCCCCCCCCCCCCCCCCCCCCCCCCCCC. The number of nitrogens with one attached hydrogen (secondary N) is 1. The third-order valence-corrected chi connectivity index (χ3v) is 19.3. The molecule has 0 aromatic heterocycles. The molecule has 0 spiro atoms. The first-order valence-electron chi connectivity index (χ1n) is 39.2. The minimum absolute atomic E-state index is 0.246. The predicted octanol–water partition coefficient (Wildman–Crippen LogP) is 17.2. The molecule has 14 nitrogen and oxygen atoms in total. The van der Waals surface area contributed by atoms with Crippen LogP contribution in [0.3, 0.4) is 0 Å². The summed E-state index contributed by atoms with van der Waals surface area (Å²) in [5.74, 6) is -0.246. The molecule has 9 N–H and O–H groups in total. The van der Waals surface area contributed by atoms with Gasteiger partial charge in [0.1, 0.15) is 48.8 Å². The molecule has 2 aliphatic rings. The van der Waals surface area contributed by atoms with Crippen LogP contribution in [0.2, 0.25) is 0 Å². The van der Waals surface area contributed by atoms with Crippen LogP contribution in [0.5, 0.6) is 0 Å². The summed E-state index contributed by atoms with van der Waals surface area (Å²) in [6, 6.07) is -0.937. The monoisotopic (exact) mass is 1310 g/mol. The highest BCUT2D eigenvalue weighted by molar-refractivity contribution is 5.76. The average molecular weight is 1310 g/mol. The van der Waals surface area contributed by atoms with Crippen LogP contribution in [-0.4, -0.2) is 140 Å². The minimum atomic E-state index is -1.79. The topological polar surface area (TPSA) is 228 Å². The van der Waals surface area contributed by atoms with Crippen molar-refractivity contribution in [3.05, 3.63) is 36.5 Å². The molecule has 1 amide bonds.